The molecule has 0 aromatic heterocycles. The van der Waals surface area contributed by atoms with Crippen LogP contribution in [0.3, 0.4) is 0 Å². The van der Waals surface area contributed by atoms with Crippen molar-refractivity contribution in [3.05, 3.63) is 23.8 Å². The van der Waals surface area contributed by atoms with Crippen molar-refractivity contribution >= 4 is 17.3 Å². The van der Waals surface area contributed by atoms with E-state index in [1.807, 2.05) is 6.07 Å². The second kappa shape index (κ2) is 4.06. The van der Waals surface area contributed by atoms with Crippen LogP contribution < -0.4 is 10.6 Å². The maximum atomic E-state index is 11.3. The van der Waals surface area contributed by atoms with Gasteiger partial charge in [0.2, 0.25) is 5.91 Å². The Bertz CT molecular complexity index is 450. The minimum Gasteiger partial charge on any atom is -0.382 e. The van der Waals surface area contributed by atoms with E-state index in [1.54, 1.807) is 0 Å². The molecule has 1 aliphatic carbocycles. The molecule has 3 rings (SSSR count). The third-order valence-corrected chi connectivity index (χ3v) is 3.75. The molecular weight excluding hydrogens is 212 g/mol. The van der Waals surface area contributed by atoms with Crippen molar-refractivity contribution < 1.29 is 4.79 Å². The number of hydrogen-bond acceptors (Lipinski definition) is 2. The summed E-state index contributed by atoms with van der Waals surface area (Å²) in [4.78, 5) is 11.3. The number of rotatable bonds is 2. The van der Waals surface area contributed by atoms with Crippen LogP contribution in [0.15, 0.2) is 18.2 Å². The minimum absolute atomic E-state index is 0.131. The van der Waals surface area contributed by atoms with Gasteiger partial charge in [-0.3, -0.25) is 4.79 Å². The molecule has 3 nitrogen and oxygen atoms in total. The van der Waals surface area contributed by atoms with Crippen LogP contribution in [0.5, 0.6) is 0 Å². The lowest BCUT2D eigenvalue weighted by Crippen LogP contribution is -2.33. The second-order valence-electron chi connectivity index (χ2n) is 5.34. The van der Waals surface area contributed by atoms with Crippen LogP contribution in [-0.2, 0) is 11.2 Å². The van der Waals surface area contributed by atoms with Crippen LogP contribution in [0.4, 0.5) is 11.4 Å². The van der Waals surface area contributed by atoms with E-state index in [1.165, 1.54) is 24.1 Å². The molecule has 17 heavy (non-hydrogen) atoms. The Labute approximate surface area is 102 Å². The molecule has 1 aliphatic heterocycles. The number of hydrogen-bond donors (Lipinski definition) is 2. The molecule has 1 amide bonds. The Morgan fingerprint density at radius 2 is 2.12 bits per heavy atom. The second-order valence-corrected chi connectivity index (χ2v) is 5.34. The summed E-state index contributed by atoms with van der Waals surface area (Å²) in [5, 5.41) is 6.47. The van der Waals surface area contributed by atoms with Crippen LogP contribution in [-0.4, -0.2) is 11.9 Å². The Kier molecular flexibility index (Phi) is 2.54. The highest BCUT2D eigenvalue weighted by Crippen LogP contribution is 2.31. The van der Waals surface area contributed by atoms with Crippen LogP contribution >= 0.6 is 0 Å². The van der Waals surface area contributed by atoms with E-state index in [-0.39, 0.29) is 5.91 Å². The average Bonchev–Trinajstić information content (AvgIpc) is 2.27. The smallest absolute Gasteiger partial charge is 0.224 e. The van der Waals surface area contributed by atoms with Crippen molar-refractivity contribution in [3.63, 3.8) is 0 Å². The summed E-state index contributed by atoms with van der Waals surface area (Å²) in [6.07, 6.45) is 4.01. The first-order valence-electron chi connectivity index (χ1n) is 6.40. The van der Waals surface area contributed by atoms with Crippen molar-refractivity contribution in [1.29, 1.82) is 0 Å². The number of carbonyl (C=O) groups excluding carboxylic acids is 1. The van der Waals surface area contributed by atoms with Crippen molar-refractivity contribution in [1.82, 2.24) is 0 Å². The summed E-state index contributed by atoms with van der Waals surface area (Å²) < 4.78 is 0. The summed E-state index contributed by atoms with van der Waals surface area (Å²) in [5.74, 6) is 0.996. The van der Waals surface area contributed by atoms with Gasteiger partial charge in [-0.25, -0.2) is 0 Å². The van der Waals surface area contributed by atoms with Crippen molar-refractivity contribution in [3.8, 4) is 0 Å². The average molecular weight is 230 g/mol. The normalized spacial score (nSPS) is 26.8. The number of amides is 1. The van der Waals surface area contributed by atoms with Gasteiger partial charge in [0.15, 0.2) is 0 Å². The lowest BCUT2D eigenvalue weighted by Gasteiger charge is -2.34. The molecule has 1 aromatic carbocycles. The molecule has 1 aromatic rings. The van der Waals surface area contributed by atoms with Gasteiger partial charge in [0.1, 0.15) is 0 Å². The Balaban J connectivity index is 1.72. The van der Waals surface area contributed by atoms with E-state index in [9.17, 15) is 4.79 Å². The summed E-state index contributed by atoms with van der Waals surface area (Å²) in [6, 6.07) is 6.89. The molecule has 3 heteroatoms. The maximum Gasteiger partial charge on any atom is 0.224 e. The highest BCUT2D eigenvalue weighted by molar-refractivity contribution is 5.94. The fourth-order valence-electron chi connectivity index (χ4n) is 2.73. The topological polar surface area (TPSA) is 41.1 Å². The quantitative estimate of drug-likeness (QED) is 0.820. The number of nitrogens with one attached hydrogen (secondary N) is 2. The fourth-order valence-corrected chi connectivity index (χ4v) is 2.73. The van der Waals surface area contributed by atoms with Gasteiger partial charge in [0.05, 0.1) is 0 Å². The highest BCUT2D eigenvalue weighted by Gasteiger charge is 2.25. The Hall–Kier alpha value is -1.51. The molecule has 1 heterocycles. The molecule has 90 valence electrons. The molecule has 0 unspecified atom stereocenters. The number of carbonyl (C=O) groups is 1. The third-order valence-electron chi connectivity index (χ3n) is 3.75. The zero-order valence-corrected chi connectivity index (χ0v) is 10.1. The number of benzene rings is 1. The summed E-state index contributed by atoms with van der Waals surface area (Å²) in [6.45, 7) is 2.29. The largest absolute Gasteiger partial charge is 0.382 e. The highest BCUT2D eigenvalue weighted by atomic mass is 16.1. The lowest BCUT2D eigenvalue weighted by molar-refractivity contribution is -0.116. The molecule has 2 N–H and O–H groups in total. The van der Waals surface area contributed by atoms with Gasteiger partial charge in [0, 0.05) is 23.8 Å². The van der Waals surface area contributed by atoms with Gasteiger partial charge < -0.3 is 10.6 Å². The van der Waals surface area contributed by atoms with Crippen molar-refractivity contribution in [2.75, 3.05) is 10.6 Å². The van der Waals surface area contributed by atoms with Crippen LogP contribution in [0.2, 0.25) is 0 Å². The molecule has 2 aliphatic rings. The van der Waals surface area contributed by atoms with Crippen LogP contribution in [0, 0.1) is 5.92 Å². The predicted octanol–water partition coefficient (Wildman–Crippen LogP) is 2.78. The summed E-state index contributed by atoms with van der Waals surface area (Å²) in [7, 11) is 0. The number of fused-ring (bicyclic) bond motifs is 1. The van der Waals surface area contributed by atoms with Crippen molar-refractivity contribution in [2.45, 2.75) is 38.6 Å². The first-order valence-corrected chi connectivity index (χ1v) is 6.40. The molecule has 0 saturated heterocycles. The number of anilines is 2. The zero-order chi connectivity index (χ0) is 11.8. The first-order chi connectivity index (χ1) is 8.20. The van der Waals surface area contributed by atoms with Crippen LogP contribution in [0.25, 0.3) is 0 Å². The van der Waals surface area contributed by atoms with E-state index in [0.29, 0.717) is 12.5 Å². The zero-order valence-electron chi connectivity index (χ0n) is 10.1. The predicted molar refractivity (Wildman–Crippen MR) is 69.2 cm³/mol. The van der Waals surface area contributed by atoms with Gasteiger partial charge in [-0.1, -0.05) is 6.92 Å². The SMILES string of the molecule is CC1CC(Nc2ccc3c(c2)CCC(=O)N3)C1. The molecule has 1 fully saturated rings. The van der Waals surface area contributed by atoms with Gasteiger partial charge >= 0.3 is 0 Å². The van der Waals surface area contributed by atoms with E-state index in [2.05, 4.69) is 29.7 Å². The molecule has 0 spiro atoms. The standard InChI is InChI=1S/C14H18N2O/c1-9-6-12(7-9)15-11-3-4-13-10(8-11)2-5-14(17)16-13/h3-4,8-9,12,15H,2,5-7H2,1H3,(H,16,17). The van der Waals surface area contributed by atoms with E-state index < -0.39 is 0 Å². The van der Waals surface area contributed by atoms with Gasteiger partial charge in [0.25, 0.3) is 0 Å². The Morgan fingerprint density at radius 3 is 2.88 bits per heavy atom. The first kappa shape index (κ1) is 10.6. The third kappa shape index (κ3) is 2.14. The maximum absolute atomic E-state index is 11.3. The van der Waals surface area contributed by atoms with E-state index in [0.717, 1.165) is 18.0 Å². The molecule has 1 saturated carbocycles. The molecule has 0 radical (unpaired) electrons. The minimum atomic E-state index is 0.131. The molecular formula is C14H18N2O. The van der Waals surface area contributed by atoms with Crippen molar-refractivity contribution in [2.24, 2.45) is 5.92 Å². The molecule has 0 atom stereocenters. The summed E-state index contributed by atoms with van der Waals surface area (Å²) in [5.41, 5.74) is 3.42. The van der Waals surface area contributed by atoms with Crippen LogP contribution in [0.1, 0.15) is 31.7 Å². The van der Waals surface area contributed by atoms with Gasteiger partial charge in [-0.05, 0) is 48.9 Å². The lowest BCUT2D eigenvalue weighted by atomic mass is 9.82. The number of aryl methyl sites for hydroxylation is 1. The Morgan fingerprint density at radius 1 is 1.29 bits per heavy atom. The molecule has 0 bridgehead atoms. The van der Waals surface area contributed by atoms with Gasteiger partial charge in [-0.2, -0.15) is 0 Å². The summed E-state index contributed by atoms with van der Waals surface area (Å²) >= 11 is 0. The van der Waals surface area contributed by atoms with Gasteiger partial charge in [-0.15, -0.1) is 0 Å². The monoisotopic (exact) mass is 230 g/mol. The fraction of sp³-hybridized carbons (Fsp3) is 0.500. The van der Waals surface area contributed by atoms with E-state index in [4.69, 9.17) is 0 Å². The van der Waals surface area contributed by atoms with E-state index >= 15 is 0 Å².